The van der Waals surface area contributed by atoms with Crippen molar-refractivity contribution in [1.29, 1.82) is 0 Å². The standard InChI is InChI=1S/C29H31N3O2/c1-21(29(33)32-16-18-34-19-17-32)30-20-25(22-10-4-2-5-11-22)27-24-14-8-9-15-26(24)31-28(27)23-12-6-3-7-13-23/h2-15,21,25,30-31H,16-20H2,1H3. The molecule has 34 heavy (non-hydrogen) atoms. The zero-order chi connectivity index (χ0) is 23.3. The lowest BCUT2D eigenvalue weighted by atomic mass is 9.87. The third-order valence-corrected chi connectivity index (χ3v) is 6.68. The number of rotatable bonds is 7. The van der Waals surface area contributed by atoms with Crippen LogP contribution in [-0.4, -0.2) is 54.7 Å². The van der Waals surface area contributed by atoms with E-state index >= 15 is 0 Å². The van der Waals surface area contributed by atoms with E-state index < -0.39 is 0 Å². The highest BCUT2D eigenvalue weighted by Crippen LogP contribution is 2.38. The first-order valence-electron chi connectivity index (χ1n) is 12.0. The van der Waals surface area contributed by atoms with Crippen LogP contribution in [0.15, 0.2) is 84.9 Å². The van der Waals surface area contributed by atoms with Gasteiger partial charge in [-0.05, 0) is 29.7 Å². The number of benzene rings is 3. The number of nitrogens with one attached hydrogen (secondary N) is 2. The highest BCUT2D eigenvalue weighted by molar-refractivity contribution is 5.92. The van der Waals surface area contributed by atoms with E-state index in [0.717, 1.165) is 16.8 Å². The van der Waals surface area contributed by atoms with Crippen molar-refractivity contribution >= 4 is 16.8 Å². The molecule has 0 bridgehead atoms. The molecular weight excluding hydrogens is 422 g/mol. The van der Waals surface area contributed by atoms with Gasteiger partial charge in [-0.3, -0.25) is 4.79 Å². The van der Waals surface area contributed by atoms with Crippen molar-refractivity contribution < 1.29 is 9.53 Å². The summed E-state index contributed by atoms with van der Waals surface area (Å²) >= 11 is 0. The largest absolute Gasteiger partial charge is 0.378 e. The number of hydrogen-bond donors (Lipinski definition) is 2. The molecule has 5 rings (SSSR count). The van der Waals surface area contributed by atoms with Gasteiger partial charge in [-0.25, -0.2) is 0 Å². The van der Waals surface area contributed by atoms with Crippen LogP contribution in [0.4, 0.5) is 0 Å². The number of para-hydroxylation sites is 1. The lowest BCUT2D eigenvalue weighted by Gasteiger charge is -2.30. The molecule has 1 amide bonds. The third kappa shape index (κ3) is 4.63. The van der Waals surface area contributed by atoms with E-state index in [9.17, 15) is 4.79 Å². The maximum atomic E-state index is 13.0. The molecule has 1 aromatic heterocycles. The van der Waals surface area contributed by atoms with E-state index in [-0.39, 0.29) is 17.9 Å². The van der Waals surface area contributed by atoms with E-state index in [0.29, 0.717) is 32.8 Å². The molecular formula is C29H31N3O2. The molecule has 5 nitrogen and oxygen atoms in total. The first-order valence-corrected chi connectivity index (χ1v) is 12.0. The van der Waals surface area contributed by atoms with Gasteiger partial charge < -0.3 is 19.9 Å². The second-order valence-electron chi connectivity index (χ2n) is 8.86. The Morgan fingerprint density at radius 3 is 2.32 bits per heavy atom. The van der Waals surface area contributed by atoms with E-state index in [2.05, 4.69) is 83.1 Å². The minimum atomic E-state index is -0.269. The van der Waals surface area contributed by atoms with Crippen molar-refractivity contribution in [1.82, 2.24) is 15.2 Å². The van der Waals surface area contributed by atoms with Crippen LogP contribution in [0.25, 0.3) is 22.2 Å². The van der Waals surface area contributed by atoms with Gasteiger partial charge in [0.1, 0.15) is 0 Å². The number of aromatic nitrogens is 1. The minimum absolute atomic E-state index is 0.0764. The molecule has 1 fully saturated rings. The van der Waals surface area contributed by atoms with Crippen LogP contribution < -0.4 is 5.32 Å². The number of nitrogens with zero attached hydrogens (tertiary/aromatic N) is 1. The first-order chi connectivity index (χ1) is 16.7. The molecule has 1 saturated heterocycles. The van der Waals surface area contributed by atoms with Crippen molar-refractivity contribution in [3.63, 3.8) is 0 Å². The van der Waals surface area contributed by atoms with Gasteiger partial charge in [-0.15, -0.1) is 0 Å². The summed E-state index contributed by atoms with van der Waals surface area (Å²) in [7, 11) is 0. The number of carbonyl (C=O) groups is 1. The first kappa shape index (κ1) is 22.4. The summed E-state index contributed by atoms with van der Waals surface area (Å²) in [5.74, 6) is 0.213. The second-order valence-corrected chi connectivity index (χ2v) is 8.86. The van der Waals surface area contributed by atoms with Gasteiger partial charge in [0.25, 0.3) is 0 Å². The molecule has 2 N–H and O–H groups in total. The Hall–Kier alpha value is -3.41. The molecule has 174 valence electrons. The number of ether oxygens (including phenoxy) is 1. The fourth-order valence-corrected chi connectivity index (χ4v) is 4.87. The number of H-pyrrole nitrogens is 1. The second kappa shape index (κ2) is 10.2. The molecule has 2 unspecified atom stereocenters. The average molecular weight is 454 g/mol. The fourth-order valence-electron chi connectivity index (χ4n) is 4.87. The topological polar surface area (TPSA) is 57.4 Å². The van der Waals surface area contributed by atoms with Gasteiger partial charge in [-0.1, -0.05) is 78.9 Å². The molecule has 4 aromatic rings. The smallest absolute Gasteiger partial charge is 0.239 e. The van der Waals surface area contributed by atoms with Gasteiger partial charge in [-0.2, -0.15) is 0 Å². The number of amides is 1. The molecule has 0 saturated carbocycles. The molecule has 1 aliphatic heterocycles. The summed E-state index contributed by atoms with van der Waals surface area (Å²) in [6.07, 6.45) is 0. The zero-order valence-corrected chi connectivity index (χ0v) is 19.5. The van der Waals surface area contributed by atoms with Crippen LogP contribution in [0.1, 0.15) is 24.0 Å². The van der Waals surface area contributed by atoms with E-state index in [4.69, 9.17) is 4.74 Å². The maximum absolute atomic E-state index is 13.0. The van der Waals surface area contributed by atoms with Gasteiger partial charge in [0.15, 0.2) is 0 Å². The van der Waals surface area contributed by atoms with Gasteiger partial charge in [0.2, 0.25) is 5.91 Å². The Balaban J connectivity index is 1.51. The zero-order valence-electron chi connectivity index (χ0n) is 19.5. The summed E-state index contributed by atoms with van der Waals surface area (Å²) in [5, 5.41) is 4.78. The van der Waals surface area contributed by atoms with E-state index in [1.54, 1.807) is 0 Å². The van der Waals surface area contributed by atoms with Crippen molar-refractivity contribution in [2.45, 2.75) is 18.9 Å². The van der Waals surface area contributed by atoms with Crippen LogP contribution >= 0.6 is 0 Å². The molecule has 0 radical (unpaired) electrons. The quantitative estimate of drug-likeness (QED) is 0.423. The molecule has 0 spiro atoms. The molecule has 2 atom stereocenters. The summed E-state index contributed by atoms with van der Waals surface area (Å²) < 4.78 is 5.41. The third-order valence-electron chi connectivity index (χ3n) is 6.68. The van der Waals surface area contributed by atoms with Crippen LogP contribution in [0.3, 0.4) is 0 Å². The maximum Gasteiger partial charge on any atom is 0.239 e. The monoisotopic (exact) mass is 453 g/mol. The fraction of sp³-hybridized carbons (Fsp3) is 0.276. The number of carbonyl (C=O) groups excluding carboxylic acids is 1. The molecule has 5 heteroatoms. The molecule has 3 aromatic carbocycles. The SMILES string of the molecule is CC(NCC(c1ccccc1)c1c(-c2ccccc2)[nH]c2ccccc12)C(=O)N1CCOCC1. The van der Waals surface area contributed by atoms with Crippen LogP contribution in [0.5, 0.6) is 0 Å². The Morgan fingerprint density at radius 2 is 1.59 bits per heavy atom. The molecule has 1 aliphatic rings. The van der Waals surface area contributed by atoms with Crippen LogP contribution in [0.2, 0.25) is 0 Å². The summed E-state index contributed by atoms with van der Waals surface area (Å²) in [6, 6.07) is 29.3. The Kier molecular flexibility index (Phi) is 6.74. The highest BCUT2D eigenvalue weighted by atomic mass is 16.5. The number of aromatic amines is 1. The summed E-state index contributed by atoms with van der Waals surface area (Å²) in [5.41, 5.74) is 5.89. The van der Waals surface area contributed by atoms with Crippen molar-refractivity contribution in [3.8, 4) is 11.3 Å². The van der Waals surface area contributed by atoms with Crippen LogP contribution in [0, 0.1) is 0 Å². The molecule has 0 aliphatic carbocycles. The van der Waals surface area contributed by atoms with E-state index in [1.807, 2.05) is 24.0 Å². The number of fused-ring (bicyclic) bond motifs is 1. The summed E-state index contributed by atoms with van der Waals surface area (Å²) in [4.78, 5) is 18.6. The Bertz CT molecular complexity index is 1230. The Labute approximate surface area is 200 Å². The summed E-state index contributed by atoms with van der Waals surface area (Å²) in [6.45, 7) is 5.17. The van der Waals surface area contributed by atoms with Crippen molar-refractivity contribution in [2.24, 2.45) is 0 Å². The van der Waals surface area contributed by atoms with Gasteiger partial charge in [0.05, 0.1) is 24.9 Å². The van der Waals surface area contributed by atoms with E-state index in [1.165, 1.54) is 16.5 Å². The van der Waals surface area contributed by atoms with Crippen molar-refractivity contribution in [3.05, 3.63) is 96.1 Å². The number of morpholine rings is 1. The normalized spacial score (nSPS) is 15.9. The lowest BCUT2D eigenvalue weighted by molar-refractivity contribution is -0.137. The van der Waals surface area contributed by atoms with Crippen molar-refractivity contribution in [2.75, 3.05) is 32.8 Å². The minimum Gasteiger partial charge on any atom is -0.378 e. The predicted molar refractivity (Wildman–Crippen MR) is 137 cm³/mol. The predicted octanol–water partition coefficient (Wildman–Crippen LogP) is 4.80. The highest BCUT2D eigenvalue weighted by Gasteiger charge is 2.26. The average Bonchev–Trinajstić information content (AvgIpc) is 3.29. The van der Waals surface area contributed by atoms with Crippen LogP contribution in [-0.2, 0) is 9.53 Å². The molecule has 2 heterocycles. The van der Waals surface area contributed by atoms with Gasteiger partial charge in [0, 0.05) is 36.5 Å². The number of hydrogen-bond acceptors (Lipinski definition) is 3. The lowest BCUT2D eigenvalue weighted by Crippen LogP contribution is -2.49. The Morgan fingerprint density at radius 1 is 0.941 bits per heavy atom. The van der Waals surface area contributed by atoms with Gasteiger partial charge >= 0.3 is 0 Å².